The Morgan fingerprint density at radius 2 is 1.88 bits per heavy atom. The van der Waals surface area contributed by atoms with E-state index in [1.54, 1.807) is 0 Å². The molecule has 0 fully saturated rings. The lowest BCUT2D eigenvalue weighted by Gasteiger charge is -2.09. The molecule has 94 valence electrons. The Balaban J connectivity index is 3.04. The highest BCUT2D eigenvalue weighted by atomic mass is 32.2. The maximum atomic E-state index is 10.9. The first-order valence-electron chi connectivity index (χ1n) is 4.58. The third-order valence-electron chi connectivity index (χ3n) is 1.64. The fourth-order valence-corrected chi connectivity index (χ4v) is 1.57. The van der Waals surface area contributed by atoms with Gasteiger partial charge < -0.3 is 13.7 Å². The van der Waals surface area contributed by atoms with Gasteiger partial charge in [0.1, 0.15) is 5.75 Å². The number of hydrogen-bond acceptors (Lipinski definition) is 6. The molecule has 6 nitrogen and oxygen atoms in total. The number of rotatable bonds is 4. The molecular formula is C10H12O6S. The molecule has 0 bridgehead atoms. The van der Waals surface area contributed by atoms with E-state index in [0.717, 1.165) is 6.26 Å². The summed E-state index contributed by atoms with van der Waals surface area (Å²) in [6.45, 7) is 1.25. The molecule has 1 aromatic rings. The van der Waals surface area contributed by atoms with E-state index < -0.39 is 16.1 Å². The Labute approximate surface area is 99.2 Å². The highest BCUT2D eigenvalue weighted by Gasteiger charge is 2.11. The first kappa shape index (κ1) is 13.3. The molecule has 0 aliphatic carbocycles. The van der Waals surface area contributed by atoms with Gasteiger partial charge in [0.2, 0.25) is 0 Å². The fourth-order valence-electron chi connectivity index (χ4n) is 1.11. The number of hydrogen-bond donors (Lipinski definition) is 0. The molecule has 0 atom stereocenters. The number of methoxy groups -OCH3 is 1. The van der Waals surface area contributed by atoms with Crippen LogP contribution in [0.15, 0.2) is 18.2 Å². The molecule has 1 aromatic carbocycles. The second kappa shape index (κ2) is 5.05. The summed E-state index contributed by atoms with van der Waals surface area (Å²) in [5, 5.41) is 0. The molecule has 0 N–H and O–H groups in total. The molecule has 0 saturated heterocycles. The monoisotopic (exact) mass is 260 g/mol. The highest BCUT2D eigenvalue weighted by Crippen LogP contribution is 2.31. The third kappa shape index (κ3) is 4.31. The van der Waals surface area contributed by atoms with Gasteiger partial charge >= 0.3 is 16.1 Å². The SMILES string of the molecule is COc1cc(OS(C)(=O)=O)ccc1OC(C)=O. The van der Waals surface area contributed by atoms with Crippen molar-refractivity contribution in [1.82, 2.24) is 0 Å². The summed E-state index contributed by atoms with van der Waals surface area (Å²) in [4.78, 5) is 10.8. The van der Waals surface area contributed by atoms with Crippen molar-refractivity contribution in [2.24, 2.45) is 0 Å². The summed E-state index contributed by atoms with van der Waals surface area (Å²) in [5.74, 6) is -0.0115. The lowest BCUT2D eigenvalue weighted by atomic mass is 10.3. The largest absolute Gasteiger partial charge is 0.493 e. The normalized spacial score (nSPS) is 10.8. The number of esters is 1. The van der Waals surface area contributed by atoms with E-state index in [0.29, 0.717) is 0 Å². The predicted octanol–water partition coefficient (Wildman–Crippen LogP) is 0.959. The first-order valence-corrected chi connectivity index (χ1v) is 6.39. The van der Waals surface area contributed by atoms with E-state index in [1.165, 1.54) is 32.2 Å². The number of carbonyl (C=O) groups is 1. The maximum Gasteiger partial charge on any atom is 0.308 e. The molecule has 0 heterocycles. The molecule has 0 aliphatic rings. The van der Waals surface area contributed by atoms with Crippen LogP contribution in [-0.2, 0) is 14.9 Å². The van der Waals surface area contributed by atoms with Gasteiger partial charge in [0, 0.05) is 13.0 Å². The van der Waals surface area contributed by atoms with E-state index in [4.69, 9.17) is 9.47 Å². The van der Waals surface area contributed by atoms with Crippen molar-refractivity contribution in [1.29, 1.82) is 0 Å². The van der Waals surface area contributed by atoms with Crippen molar-refractivity contribution in [3.8, 4) is 17.2 Å². The number of ether oxygens (including phenoxy) is 2. The van der Waals surface area contributed by atoms with E-state index in [1.807, 2.05) is 0 Å². The zero-order chi connectivity index (χ0) is 13.1. The molecule has 0 unspecified atom stereocenters. The molecule has 0 aliphatic heterocycles. The molecule has 0 spiro atoms. The molecule has 0 radical (unpaired) electrons. The van der Waals surface area contributed by atoms with Crippen LogP contribution in [0, 0.1) is 0 Å². The van der Waals surface area contributed by atoms with Gasteiger partial charge in [-0.15, -0.1) is 0 Å². The van der Waals surface area contributed by atoms with Crippen molar-refractivity contribution in [3.63, 3.8) is 0 Å². The van der Waals surface area contributed by atoms with E-state index in [-0.39, 0.29) is 17.2 Å². The quantitative estimate of drug-likeness (QED) is 0.456. The van der Waals surface area contributed by atoms with Crippen LogP contribution >= 0.6 is 0 Å². The van der Waals surface area contributed by atoms with Crippen LogP contribution in [0.4, 0.5) is 0 Å². The molecule has 1 rings (SSSR count). The summed E-state index contributed by atoms with van der Waals surface area (Å²) in [6, 6.07) is 4.07. The van der Waals surface area contributed by atoms with Crippen LogP contribution in [0.25, 0.3) is 0 Å². The average Bonchev–Trinajstić information content (AvgIpc) is 2.17. The minimum absolute atomic E-state index is 0.0836. The van der Waals surface area contributed by atoms with Crippen LogP contribution < -0.4 is 13.7 Å². The van der Waals surface area contributed by atoms with Gasteiger partial charge in [0.25, 0.3) is 0 Å². The van der Waals surface area contributed by atoms with Gasteiger partial charge in [-0.2, -0.15) is 8.42 Å². The Morgan fingerprint density at radius 3 is 2.35 bits per heavy atom. The highest BCUT2D eigenvalue weighted by molar-refractivity contribution is 7.86. The zero-order valence-corrected chi connectivity index (χ0v) is 10.4. The standard InChI is InChI=1S/C10H12O6S/c1-7(11)15-9-5-4-8(6-10(9)14-2)16-17(3,12)13/h4-6H,1-3H3. The Kier molecular flexibility index (Phi) is 3.95. The summed E-state index contributed by atoms with van der Waals surface area (Å²) in [6.07, 6.45) is 0.930. The molecule has 7 heteroatoms. The minimum Gasteiger partial charge on any atom is -0.493 e. The van der Waals surface area contributed by atoms with Gasteiger partial charge in [-0.05, 0) is 12.1 Å². The maximum absolute atomic E-state index is 10.9. The fraction of sp³-hybridized carbons (Fsp3) is 0.300. The van der Waals surface area contributed by atoms with Crippen LogP contribution in [0.5, 0.6) is 17.2 Å². The van der Waals surface area contributed by atoms with Crippen molar-refractivity contribution >= 4 is 16.1 Å². The summed E-state index contributed by atoms with van der Waals surface area (Å²) < 4.78 is 36.3. The van der Waals surface area contributed by atoms with Crippen molar-refractivity contribution < 1.29 is 26.9 Å². The molecule has 17 heavy (non-hydrogen) atoms. The smallest absolute Gasteiger partial charge is 0.308 e. The van der Waals surface area contributed by atoms with E-state index >= 15 is 0 Å². The van der Waals surface area contributed by atoms with Crippen LogP contribution in [0.3, 0.4) is 0 Å². The van der Waals surface area contributed by atoms with Gasteiger partial charge in [0.05, 0.1) is 13.4 Å². The van der Waals surface area contributed by atoms with Crippen molar-refractivity contribution in [2.75, 3.05) is 13.4 Å². The summed E-state index contributed by atoms with van der Waals surface area (Å²) >= 11 is 0. The lowest BCUT2D eigenvalue weighted by Crippen LogP contribution is -2.07. The van der Waals surface area contributed by atoms with Crippen LogP contribution in [-0.4, -0.2) is 27.8 Å². The zero-order valence-electron chi connectivity index (χ0n) is 9.59. The minimum atomic E-state index is -3.60. The van der Waals surface area contributed by atoms with Crippen LogP contribution in [0.2, 0.25) is 0 Å². The average molecular weight is 260 g/mol. The van der Waals surface area contributed by atoms with Gasteiger partial charge in [-0.3, -0.25) is 4.79 Å². The van der Waals surface area contributed by atoms with Crippen molar-refractivity contribution in [3.05, 3.63) is 18.2 Å². The second-order valence-electron chi connectivity index (χ2n) is 3.19. The molecule has 0 aromatic heterocycles. The lowest BCUT2D eigenvalue weighted by molar-refractivity contribution is -0.132. The molecule has 0 amide bonds. The third-order valence-corrected chi connectivity index (χ3v) is 2.13. The van der Waals surface area contributed by atoms with Crippen molar-refractivity contribution in [2.45, 2.75) is 6.92 Å². The van der Waals surface area contributed by atoms with Gasteiger partial charge in [-0.25, -0.2) is 0 Å². The predicted molar refractivity (Wildman–Crippen MR) is 59.8 cm³/mol. The second-order valence-corrected chi connectivity index (χ2v) is 4.77. The van der Waals surface area contributed by atoms with E-state index in [2.05, 4.69) is 4.18 Å². The Morgan fingerprint density at radius 1 is 1.24 bits per heavy atom. The van der Waals surface area contributed by atoms with Crippen LogP contribution in [0.1, 0.15) is 6.92 Å². The van der Waals surface area contributed by atoms with Gasteiger partial charge in [-0.1, -0.05) is 0 Å². The van der Waals surface area contributed by atoms with Gasteiger partial charge in [0.15, 0.2) is 11.5 Å². The Bertz CT molecular complexity index is 520. The summed E-state index contributed by atoms with van der Waals surface area (Å²) in [7, 11) is -2.23. The molecule has 0 saturated carbocycles. The first-order chi connectivity index (χ1) is 7.81. The number of carbonyl (C=O) groups excluding carboxylic acids is 1. The number of benzene rings is 1. The topological polar surface area (TPSA) is 78.9 Å². The summed E-state index contributed by atoms with van der Waals surface area (Å²) in [5.41, 5.74) is 0. The Hall–Kier alpha value is -1.76. The molecular weight excluding hydrogens is 248 g/mol. The van der Waals surface area contributed by atoms with E-state index in [9.17, 15) is 13.2 Å².